The maximum absolute atomic E-state index is 10.3. The first-order chi connectivity index (χ1) is 6.77. The van der Waals surface area contributed by atoms with Gasteiger partial charge in [0.15, 0.2) is 0 Å². The molecule has 0 aliphatic heterocycles. The molecular formula is C8H4N3NaO3. The van der Waals surface area contributed by atoms with Gasteiger partial charge in [0.05, 0.1) is 0 Å². The number of rotatable bonds is 2. The van der Waals surface area contributed by atoms with Crippen molar-refractivity contribution in [1.29, 1.82) is 0 Å². The number of carbonyl (C=O) groups excluding carboxylic acids is 1. The van der Waals surface area contributed by atoms with E-state index in [1.54, 1.807) is 24.5 Å². The Bertz CT molecular complexity index is 457. The molecule has 7 heteroatoms. The van der Waals surface area contributed by atoms with Crippen molar-refractivity contribution in [3.63, 3.8) is 0 Å². The number of pyridine rings is 1. The summed E-state index contributed by atoms with van der Waals surface area (Å²) in [6.07, 6.45) is 3.09. The van der Waals surface area contributed by atoms with Crippen molar-refractivity contribution in [3.8, 4) is 11.4 Å². The van der Waals surface area contributed by atoms with E-state index in [9.17, 15) is 9.90 Å². The number of hydrogen-bond acceptors (Lipinski definition) is 6. The van der Waals surface area contributed by atoms with Crippen molar-refractivity contribution in [2.75, 3.05) is 0 Å². The molecule has 2 rings (SSSR count). The molecule has 70 valence electrons. The van der Waals surface area contributed by atoms with Crippen LogP contribution in [0.4, 0.5) is 0 Å². The van der Waals surface area contributed by atoms with Crippen LogP contribution in [0.5, 0.6) is 0 Å². The van der Waals surface area contributed by atoms with Gasteiger partial charge < -0.3 is 14.4 Å². The van der Waals surface area contributed by atoms with Gasteiger partial charge >= 0.3 is 29.6 Å². The van der Waals surface area contributed by atoms with Crippen molar-refractivity contribution in [2.45, 2.75) is 0 Å². The smallest absolute Gasteiger partial charge is 0.540 e. The fourth-order valence-corrected chi connectivity index (χ4v) is 0.925. The van der Waals surface area contributed by atoms with Gasteiger partial charge in [0, 0.05) is 18.0 Å². The Hall–Kier alpha value is -1.24. The zero-order chi connectivity index (χ0) is 9.97. The van der Waals surface area contributed by atoms with Gasteiger partial charge in [-0.25, -0.2) is 0 Å². The first-order valence-electron chi connectivity index (χ1n) is 3.73. The number of aromatic nitrogens is 3. The van der Waals surface area contributed by atoms with Crippen LogP contribution >= 0.6 is 0 Å². The van der Waals surface area contributed by atoms with Gasteiger partial charge in [0.2, 0.25) is 5.82 Å². The molecule has 15 heavy (non-hydrogen) atoms. The maximum Gasteiger partial charge on any atom is 1.00 e. The van der Waals surface area contributed by atoms with Crippen molar-refractivity contribution in [2.24, 2.45) is 0 Å². The summed E-state index contributed by atoms with van der Waals surface area (Å²) in [5.74, 6) is -1.82. The Morgan fingerprint density at radius 1 is 1.33 bits per heavy atom. The minimum Gasteiger partial charge on any atom is -0.540 e. The Kier molecular flexibility index (Phi) is 3.96. The summed E-state index contributed by atoms with van der Waals surface area (Å²) >= 11 is 0. The molecule has 0 aromatic carbocycles. The van der Waals surface area contributed by atoms with Crippen molar-refractivity contribution < 1.29 is 44.0 Å². The van der Waals surface area contributed by atoms with Crippen LogP contribution in [0.1, 0.15) is 10.7 Å². The molecule has 0 fully saturated rings. The van der Waals surface area contributed by atoms with Crippen LogP contribution in [-0.4, -0.2) is 21.1 Å². The second-order valence-corrected chi connectivity index (χ2v) is 2.45. The third-order valence-electron chi connectivity index (χ3n) is 1.54. The van der Waals surface area contributed by atoms with Crippen LogP contribution < -0.4 is 34.7 Å². The fourth-order valence-electron chi connectivity index (χ4n) is 0.925. The van der Waals surface area contributed by atoms with E-state index in [-0.39, 0.29) is 35.4 Å². The summed E-state index contributed by atoms with van der Waals surface area (Å²) in [4.78, 5) is 17.7. The first kappa shape index (κ1) is 11.8. The van der Waals surface area contributed by atoms with Crippen LogP contribution in [0.25, 0.3) is 11.4 Å². The molecule has 6 nitrogen and oxygen atoms in total. The number of nitrogens with zero attached hydrogens (tertiary/aromatic N) is 3. The Morgan fingerprint density at radius 3 is 2.53 bits per heavy atom. The molecule has 0 spiro atoms. The monoisotopic (exact) mass is 213 g/mol. The third kappa shape index (κ3) is 2.62. The molecule has 0 unspecified atom stereocenters. The molecule has 0 aliphatic carbocycles. The summed E-state index contributed by atoms with van der Waals surface area (Å²) in [6.45, 7) is 0. The van der Waals surface area contributed by atoms with E-state index in [1.807, 2.05) is 0 Å². The van der Waals surface area contributed by atoms with E-state index in [1.165, 1.54) is 0 Å². The normalized spacial score (nSPS) is 9.33. The van der Waals surface area contributed by atoms with Gasteiger partial charge in [0.1, 0.15) is 5.97 Å². The Balaban J connectivity index is 0.00000112. The molecule has 0 bridgehead atoms. The van der Waals surface area contributed by atoms with Gasteiger partial charge in [0.25, 0.3) is 5.89 Å². The molecule has 0 saturated carbocycles. The van der Waals surface area contributed by atoms with Gasteiger partial charge in [-0.3, -0.25) is 4.98 Å². The molecule has 0 atom stereocenters. The van der Waals surface area contributed by atoms with Crippen molar-refractivity contribution in [1.82, 2.24) is 15.1 Å². The van der Waals surface area contributed by atoms with Gasteiger partial charge in [-0.1, -0.05) is 5.16 Å². The van der Waals surface area contributed by atoms with E-state index in [2.05, 4.69) is 19.6 Å². The van der Waals surface area contributed by atoms with E-state index in [4.69, 9.17) is 0 Å². The van der Waals surface area contributed by atoms with E-state index >= 15 is 0 Å². The number of carboxylic acid groups (broad SMARTS) is 1. The molecule has 2 aromatic rings. The second kappa shape index (κ2) is 5.01. The molecular weight excluding hydrogens is 209 g/mol. The van der Waals surface area contributed by atoms with Crippen molar-refractivity contribution >= 4 is 5.97 Å². The van der Waals surface area contributed by atoms with E-state index in [0.717, 1.165) is 0 Å². The summed E-state index contributed by atoms with van der Waals surface area (Å²) in [5.41, 5.74) is 0.635. The van der Waals surface area contributed by atoms with Gasteiger partial charge in [-0.2, -0.15) is 4.98 Å². The van der Waals surface area contributed by atoms with E-state index < -0.39 is 11.9 Å². The summed E-state index contributed by atoms with van der Waals surface area (Å²) < 4.78 is 4.44. The molecule has 0 amide bonds. The molecule has 0 saturated heterocycles. The molecule has 2 heterocycles. The standard InChI is InChI=1S/C8H5N3O3.Na/c12-8(13)7-10-6(11-14-7)5-1-3-9-4-2-5;/h1-4H,(H,12,13);/q;+1/p-1. The minimum atomic E-state index is -1.49. The predicted molar refractivity (Wildman–Crippen MR) is 41.9 cm³/mol. The fraction of sp³-hybridized carbons (Fsp3) is 0. The molecule has 2 aromatic heterocycles. The largest absolute Gasteiger partial charge is 1.00 e. The molecule has 0 radical (unpaired) electrons. The van der Waals surface area contributed by atoms with Gasteiger partial charge in [-0.05, 0) is 12.1 Å². The first-order valence-corrected chi connectivity index (χ1v) is 3.73. The maximum atomic E-state index is 10.3. The van der Waals surface area contributed by atoms with Crippen LogP contribution in [0.15, 0.2) is 29.0 Å². The van der Waals surface area contributed by atoms with Crippen LogP contribution in [0, 0.1) is 0 Å². The summed E-state index contributed by atoms with van der Waals surface area (Å²) in [7, 11) is 0. The topological polar surface area (TPSA) is 91.9 Å². The SMILES string of the molecule is O=C([O-])c1nc(-c2ccncc2)no1.[Na+]. The Labute approximate surface area is 107 Å². The number of hydrogen-bond donors (Lipinski definition) is 0. The Morgan fingerprint density at radius 2 is 2.00 bits per heavy atom. The van der Waals surface area contributed by atoms with E-state index in [0.29, 0.717) is 5.56 Å². The van der Waals surface area contributed by atoms with Crippen LogP contribution in [0.2, 0.25) is 0 Å². The average Bonchev–Trinajstić information content (AvgIpc) is 2.68. The number of carboxylic acids is 1. The minimum absolute atomic E-state index is 0. The van der Waals surface area contributed by atoms with Gasteiger partial charge in [-0.15, -0.1) is 0 Å². The predicted octanol–water partition coefficient (Wildman–Crippen LogP) is -3.50. The molecule has 0 N–H and O–H groups in total. The zero-order valence-electron chi connectivity index (χ0n) is 7.88. The third-order valence-corrected chi connectivity index (χ3v) is 1.54. The van der Waals surface area contributed by atoms with Crippen molar-refractivity contribution in [3.05, 3.63) is 30.4 Å². The zero-order valence-corrected chi connectivity index (χ0v) is 9.88. The number of aromatic carboxylic acids is 1. The molecule has 0 aliphatic rings. The summed E-state index contributed by atoms with van der Waals surface area (Å²) in [6, 6.07) is 3.29. The second-order valence-electron chi connectivity index (χ2n) is 2.45. The quantitative estimate of drug-likeness (QED) is 0.480. The summed E-state index contributed by atoms with van der Waals surface area (Å²) in [5, 5.41) is 13.8. The number of carbonyl (C=O) groups is 1. The average molecular weight is 213 g/mol. The van der Waals surface area contributed by atoms with Crippen LogP contribution in [0.3, 0.4) is 0 Å². The van der Waals surface area contributed by atoms with Crippen LogP contribution in [-0.2, 0) is 0 Å².